The van der Waals surface area contributed by atoms with Gasteiger partial charge in [0.25, 0.3) is 5.91 Å². The maximum absolute atomic E-state index is 13.8. The first-order valence-electron chi connectivity index (χ1n) is 6.37. The van der Waals surface area contributed by atoms with Crippen molar-refractivity contribution in [3.63, 3.8) is 0 Å². The molecule has 1 aliphatic heterocycles. The van der Waals surface area contributed by atoms with Crippen molar-refractivity contribution in [3.05, 3.63) is 39.4 Å². The number of morpholine rings is 1. The van der Waals surface area contributed by atoms with Gasteiger partial charge < -0.3 is 9.64 Å². The molecule has 8 heteroatoms. The number of nitro benzene ring substituents is 1. The Morgan fingerprint density at radius 2 is 1.86 bits per heavy atom. The lowest BCUT2D eigenvalue weighted by Gasteiger charge is -2.35. The molecule has 1 aromatic carbocycles. The van der Waals surface area contributed by atoms with Crippen LogP contribution >= 0.6 is 0 Å². The number of amides is 1. The highest BCUT2D eigenvalue weighted by atomic mass is 19.1. The van der Waals surface area contributed by atoms with Crippen LogP contribution in [0.4, 0.5) is 14.5 Å². The monoisotopic (exact) mass is 300 g/mol. The average Bonchev–Trinajstić information content (AvgIpc) is 2.38. The Kier molecular flexibility index (Phi) is 4.17. The predicted octanol–water partition coefficient (Wildman–Crippen LogP) is 2.12. The lowest BCUT2D eigenvalue weighted by Crippen LogP contribution is -2.48. The third-order valence-corrected chi connectivity index (χ3v) is 3.17. The van der Waals surface area contributed by atoms with Crippen LogP contribution in [0.3, 0.4) is 0 Å². The highest BCUT2D eigenvalue weighted by molar-refractivity contribution is 5.95. The molecule has 114 valence electrons. The first kappa shape index (κ1) is 15.3. The number of ether oxygens (including phenoxy) is 1. The first-order chi connectivity index (χ1) is 9.79. The molecule has 0 aromatic heterocycles. The van der Waals surface area contributed by atoms with Gasteiger partial charge in [0.2, 0.25) is 5.82 Å². The van der Waals surface area contributed by atoms with Crippen molar-refractivity contribution in [1.82, 2.24) is 4.90 Å². The van der Waals surface area contributed by atoms with Gasteiger partial charge in [-0.3, -0.25) is 14.9 Å². The van der Waals surface area contributed by atoms with E-state index in [4.69, 9.17) is 4.74 Å². The molecule has 0 bridgehead atoms. The molecule has 0 aliphatic carbocycles. The number of hydrogen-bond donors (Lipinski definition) is 0. The van der Waals surface area contributed by atoms with Gasteiger partial charge >= 0.3 is 5.69 Å². The number of rotatable bonds is 2. The number of hydrogen-bond acceptors (Lipinski definition) is 4. The molecule has 1 amide bonds. The summed E-state index contributed by atoms with van der Waals surface area (Å²) in [6.07, 6.45) is -0.438. The average molecular weight is 300 g/mol. The van der Waals surface area contributed by atoms with Crippen molar-refractivity contribution >= 4 is 11.6 Å². The molecule has 0 spiro atoms. The molecule has 1 aliphatic rings. The fourth-order valence-corrected chi connectivity index (χ4v) is 2.35. The summed E-state index contributed by atoms with van der Waals surface area (Å²) in [6, 6.07) is 0.996. The number of nitro groups is 1. The Labute approximate surface area is 119 Å². The van der Waals surface area contributed by atoms with E-state index < -0.39 is 33.7 Å². The van der Waals surface area contributed by atoms with Gasteiger partial charge in [-0.15, -0.1) is 0 Å². The molecule has 0 N–H and O–H groups in total. The molecule has 0 radical (unpaired) electrons. The molecular weight excluding hydrogens is 286 g/mol. The summed E-state index contributed by atoms with van der Waals surface area (Å²) in [5, 5.41) is 10.5. The number of carbonyl (C=O) groups excluding carboxylic acids is 1. The molecule has 1 aromatic rings. The van der Waals surface area contributed by atoms with Crippen LogP contribution in [0.25, 0.3) is 0 Å². The van der Waals surface area contributed by atoms with E-state index in [9.17, 15) is 23.7 Å². The van der Waals surface area contributed by atoms with Gasteiger partial charge in [-0.25, -0.2) is 4.39 Å². The zero-order valence-electron chi connectivity index (χ0n) is 11.5. The minimum Gasteiger partial charge on any atom is -0.372 e. The molecule has 0 saturated carbocycles. The number of carbonyl (C=O) groups is 1. The highest BCUT2D eigenvalue weighted by Crippen LogP contribution is 2.23. The lowest BCUT2D eigenvalue weighted by molar-refractivity contribution is -0.387. The summed E-state index contributed by atoms with van der Waals surface area (Å²) in [5.41, 5.74) is -1.51. The summed E-state index contributed by atoms with van der Waals surface area (Å²) in [5.74, 6) is -3.05. The second-order valence-electron chi connectivity index (χ2n) is 5.01. The largest absolute Gasteiger partial charge is 0.372 e. The zero-order chi connectivity index (χ0) is 15.7. The van der Waals surface area contributed by atoms with Crippen molar-refractivity contribution in [2.45, 2.75) is 26.1 Å². The van der Waals surface area contributed by atoms with Gasteiger partial charge in [-0.05, 0) is 19.9 Å². The highest BCUT2D eigenvalue weighted by Gasteiger charge is 2.30. The van der Waals surface area contributed by atoms with Crippen LogP contribution in [0.5, 0.6) is 0 Å². The normalized spacial score (nSPS) is 22.2. The van der Waals surface area contributed by atoms with Gasteiger partial charge in [-0.1, -0.05) is 0 Å². The quantitative estimate of drug-likeness (QED) is 0.619. The molecule has 2 rings (SSSR count). The van der Waals surface area contributed by atoms with Crippen LogP contribution < -0.4 is 0 Å². The van der Waals surface area contributed by atoms with Gasteiger partial charge in [0.05, 0.1) is 28.8 Å². The summed E-state index contributed by atoms with van der Waals surface area (Å²) >= 11 is 0. The molecule has 1 fully saturated rings. The summed E-state index contributed by atoms with van der Waals surface area (Å²) in [6.45, 7) is 4.04. The maximum atomic E-state index is 13.8. The Balaban J connectivity index is 2.31. The first-order valence-corrected chi connectivity index (χ1v) is 6.37. The van der Waals surface area contributed by atoms with E-state index in [0.29, 0.717) is 12.1 Å². The minimum absolute atomic E-state index is 0.219. The van der Waals surface area contributed by atoms with Crippen LogP contribution in [0.2, 0.25) is 0 Å². The van der Waals surface area contributed by atoms with Crippen LogP contribution in [-0.2, 0) is 4.74 Å². The van der Waals surface area contributed by atoms with Crippen LogP contribution in [0.15, 0.2) is 12.1 Å². The van der Waals surface area contributed by atoms with E-state index >= 15 is 0 Å². The number of halogens is 2. The molecule has 2 atom stereocenters. The third-order valence-electron chi connectivity index (χ3n) is 3.17. The van der Waals surface area contributed by atoms with E-state index in [0.717, 1.165) is 0 Å². The Bertz CT molecular complexity index is 584. The Morgan fingerprint density at radius 3 is 2.38 bits per heavy atom. The van der Waals surface area contributed by atoms with Gasteiger partial charge in [-0.2, -0.15) is 4.39 Å². The Morgan fingerprint density at radius 1 is 1.29 bits per heavy atom. The second-order valence-corrected chi connectivity index (χ2v) is 5.01. The summed E-state index contributed by atoms with van der Waals surface area (Å²) in [7, 11) is 0. The molecule has 1 saturated heterocycles. The lowest BCUT2D eigenvalue weighted by atomic mass is 10.1. The topological polar surface area (TPSA) is 72.7 Å². The van der Waals surface area contributed by atoms with E-state index in [1.807, 2.05) is 0 Å². The van der Waals surface area contributed by atoms with Crippen molar-refractivity contribution in [2.24, 2.45) is 0 Å². The number of nitrogens with zero attached hydrogens (tertiary/aromatic N) is 2. The van der Waals surface area contributed by atoms with Crippen molar-refractivity contribution in [2.75, 3.05) is 13.1 Å². The van der Waals surface area contributed by atoms with E-state index in [2.05, 4.69) is 0 Å². The fraction of sp³-hybridized carbons (Fsp3) is 0.462. The minimum atomic E-state index is -1.24. The predicted molar refractivity (Wildman–Crippen MR) is 68.9 cm³/mol. The molecule has 6 nitrogen and oxygen atoms in total. The van der Waals surface area contributed by atoms with Crippen molar-refractivity contribution < 1.29 is 23.2 Å². The zero-order valence-corrected chi connectivity index (χ0v) is 11.5. The maximum Gasteiger partial charge on any atom is 0.307 e. The third kappa shape index (κ3) is 3.15. The fourth-order valence-electron chi connectivity index (χ4n) is 2.35. The van der Waals surface area contributed by atoms with E-state index in [1.165, 1.54) is 4.90 Å². The van der Waals surface area contributed by atoms with Crippen LogP contribution in [0, 0.1) is 21.7 Å². The molecule has 0 unspecified atom stereocenters. The Hall–Kier alpha value is -2.09. The van der Waals surface area contributed by atoms with Crippen LogP contribution in [-0.4, -0.2) is 41.0 Å². The smallest absolute Gasteiger partial charge is 0.307 e. The summed E-state index contributed by atoms with van der Waals surface area (Å²) < 4.78 is 32.9. The number of benzene rings is 1. The second kappa shape index (κ2) is 5.72. The van der Waals surface area contributed by atoms with Gasteiger partial charge in [0.1, 0.15) is 5.82 Å². The van der Waals surface area contributed by atoms with Gasteiger partial charge in [0.15, 0.2) is 0 Å². The SMILES string of the molecule is C[C@@H]1CN(C(=O)c2cc(F)c([N+](=O)[O-])cc2F)C[C@H](C)O1. The van der Waals surface area contributed by atoms with E-state index in [-0.39, 0.29) is 25.3 Å². The van der Waals surface area contributed by atoms with Crippen LogP contribution in [0.1, 0.15) is 24.2 Å². The molecule has 21 heavy (non-hydrogen) atoms. The van der Waals surface area contributed by atoms with Gasteiger partial charge in [0, 0.05) is 13.1 Å². The van der Waals surface area contributed by atoms with Crippen molar-refractivity contribution in [3.8, 4) is 0 Å². The van der Waals surface area contributed by atoms with Crippen molar-refractivity contribution in [1.29, 1.82) is 0 Å². The summed E-state index contributed by atoms with van der Waals surface area (Å²) in [4.78, 5) is 23.1. The van der Waals surface area contributed by atoms with E-state index in [1.54, 1.807) is 13.8 Å². The standard InChI is InChI=1S/C13H14F2N2O4/c1-7-5-16(6-8(2)21-7)13(18)9-3-11(15)12(17(19)20)4-10(9)14/h3-4,7-8H,5-6H2,1-2H3/t7-,8+. The molecule has 1 heterocycles. The molecular formula is C13H14F2N2O4.